The van der Waals surface area contributed by atoms with Crippen LogP contribution in [0.5, 0.6) is 0 Å². The fourth-order valence-electron chi connectivity index (χ4n) is 2.27. The third-order valence-electron chi connectivity index (χ3n) is 3.55. The van der Waals surface area contributed by atoms with Gasteiger partial charge < -0.3 is 11.1 Å². The molecule has 1 atom stereocenters. The van der Waals surface area contributed by atoms with Gasteiger partial charge in [0, 0.05) is 13.0 Å². The van der Waals surface area contributed by atoms with Crippen LogP contribution in [0.2, 0.25) is 0 Å². The van der Waals surface area contributed by atoms with Crippen molar-refractivity contribution in [3.05, 3.63) is 0 Å². The summed E-state index contributed by atoms with van der Waals surface area (Å²) < 4.78 is 0. The molecule has 1 fully saturated rings. The molecule has 1 rings (SSSR count). The fraction of sp³-hybridized carbons (Fsp3) is 0.923. The maximum atomic E-state index is 11.6. The highest BCUT2D eigenvalue weighted by molar-refractivity contribution is 5.75. The summed E-state index contributed by atoms with van der Waals surface area (Å²) in [7, 11) is 0. The first kappa shape index (κ1) is 13.5. The Hall–Kier alpha value is -0.570. The molecule has 1 amide bonds. The van der Waals surface area contributed by atoms with Crippen LogP contribution < -0.4 is 11.1 Å². The lowest BCUT2D eigenvalue weighted by Gasteiger charge is -2.21. The molecule has 0 spiro atoms. The summed E-state index contributed by atoms with van der Waals surface area (Å²) in [6, 6.07) is 0. The lowest BCUT2D eigenvalue weighted by molar-refractivity contribution is -0.121. The van der Waals surface area contributed by atoms with Gasteiger partial charge >= 0.3 is 0 Å². The summed E-state index contributed by atoms with van der Waals surface area (Å²) in [5.74, 6) is 1.39. The van der Waals surface area contributed by atoms with Crippen molar-refractivity contribution in [3.63, 3.8) is 0 Å². The third kappa shape index (κ3) is 5.50. The van der Waals surface area contributed by atoms with Crippen molar-refractivity contribution in [1.29, 1.82) is 0 Å². The van der Waals surface area contributed by atoms with E-state index in [0.717, 1.165) is 18.9 Å². The zero-order chi connectivity index (χ0) is 11.8. The minimum Gasteiger partial charge on any atom is -0.356 e. The summed E-state index contributed by atoms with van der Waals surface area (Å²) in [4.78, 5) is 11.6. The molecule has 94 valence electrons. The molecule has 0 heterocycles. The van der Waals surface area contributed by atoms with Gasteiger partial charge in [-0.1, -0.05) is 39.0 Å². The number of carbonyl (C=O) groups is 1. The van der Waals surface area contributed by atoms with Crippen molar-refractivity contribution in [2.75, 3.05) is 13.1 Å². The number of hydrogen-bond acceptors (Lipinski definition) is 2. The summed E-state index contributed by atoms with van der Waals surface area (Å²) in [6.45, 7) is 3.42. The Morgan fingerprint density at radius 1 is 1.38 bits per heavy atom. The molecule has 3 N–H and O–H groups in total. The van der Waals surface area contributed by atoms with Gasteiger partial charge in [0.1, 0.15) is 0 Å². The average Bonchev–Trinajstić information content (AvgIpc) is 2.34. The van der Waals surface area contributed by atoms with E-state index in [-0.39, 0.29) is 5.91 Å². The molecule has 1 saturated carbocycles. The van der Waals surface area contributed by atoms with Crippen LogP contribution in [-0.2, 0) is 4.79 Å². The van der Waals surface area contributed by atoms with E-state index in [4.69, 9.17) is 5.73 Å². The van der Waals surface area contributed by atoms with Crippen LogP contribution >= 0.6 is 0 Å². The Bertz CT molecular complexity index is 200. The predicted molar refractivity (Wildman–Crippen MR) is 67.0 cm³/mol. The van der Waals surface area contributed by atoms with Crippen LogP contribution in [-0.4, -0.2) is 19.0 Å². The second kappa shape index (κ2) is 7.66. The molecule has 1 aliphatic rings. The molecule has 0 radical (unpaired) electrons. The van der Waals surface area contributed by atoms with Crippen LogP contribution in [0, 0.1) is 11.8 Å². The molecule has 0 aromatic rings. The quantitative estimate of drug-likeness (QED) is 0.728. The van der Waals surface area contributed by atoms with Gasteiger partial charge in [0.05, 0.1) is 0 Å². The van der Waals surface area contributed by atoms with E-state index >= 15 is 0 Å². The zero-order valence-corrected chi connectivity index (χ0v) is 10.5. The Balaban J connectivity index is 2.05. The van der Waals surface area contributed by atoms with Crippen molar-refractivity contribution >= 4 is 5.91 Å². The van der Waals surface area contributed by atoms with Crippen LogP contribution in [0.1, 0.15) is 51.9 Å². The highest BCUT2D eigenvalue weighted by atomic mass is 16.1. The normalized spacial score (nSPS) is 19.4. The SMILES string of the molecule is CC(CN)CNC(=O)CCC1CCCCC1. The summed E-state index contributed by atoms with van der Waals surface area (Å²) in [6.07, 6.45) is 8.52. The molecule has 3 nitrogen and oxygen atoms in total. The van der Waals surface area contributed by atoms with E-state index in [9.17, 15) is 4.79 Å². The first-order valence-electron chi connectivity index (χ1n) is 6.69. The summed E-state index contributed by atoms with van der Waals surface area (Å²) in [5.41, 5.74) is 5.50. The Kier molecular flexibility index (Phi) is 6.46. The van der Waals surface area contributed by atoms with Gasteiger partial charge in [-0.15, -0.1) is 0 Å². The van der Waals surface area contributed by atoms with Crippen molar-refractivity contribution in [3.8, 4) is 0 Å². The van der Waals surface area contributed by atoms with Crippen LogP contribution in [0.4, 0.5) is 0 Å². The Morgan fingerprint density at radius 3 is 2.69 bits per heavy atom. The summed E-state index contributed by atoms with van der Waals surface area (Å²) in [5, 5.41) is 2.95. The van der Waals surface area contributed by atoms with E-state index in [1.165, 1.54) is 32.1 Å². The molecule has 0 aliphatic heterocycles. The molecule has 16 heavy (non-hydrogen) atoms. The first-order valence-corrected chi connectivity index (χ1v) is 6.69. The topological polar surface area (TPSA) is 55.1 Å². The minimum atomic E-state index is 0.200. The smallest absolute Gasteiger partial charge is 0.220 e. The van der Waals surface area contributed by atoms with Crippen LogP contribution in [0.15, 0.2) is 0 Å². The number of nitrogens with two attached hydrogens (primary N) is 1. The Morgan fingerprint density at radius 2 is 2.06 bits per heavy atom. The second-order valence-electron chi connectivity index (χ2n) is 5.19. The van der Waals surface area contributed by atoms with Crippen LogP contribution in [0.25, 0.3) is 0 Å². The highest BCUT2D eigenvalue weighted by Crippen LogP contribution is 2.27. The van der Waals surface area contributed by atoms with E-state index in [0.29, 0.717) is 18.9 Å². The van der Waals surface area contributed by atoms with E-state index in [1.807, 2.05) is 0 Å². The molecule has 0 aromatic heterocycles. The molecule has 1 unspecified atom stereocenters. The summed E-state index contributed by atoms with van der Waals surface area (Å²) >= 11 is 0. The predicted octanol–water partition coefficient (Wildman–Crippen LogP) is 2.06. The fourth-order valence-corrected chi connectivity index (χ4v) is 2.27. The van der Waals surface area contributed by atoms with E-state index < -0.39 is 0 Å². The van der Waals surface area contributed by atoms with Gasteiger partial charge in [0.2, 0.25) is 5.91 Å². The van der Waals surface area contributed by atoms with Crippen molar-refractivity contribution in [1.82, 2.24) is 5.32 Å². The largest absolute Gasteiger partial charge is 0.356 e. The standard InChI is InChI=1S/C13H26N2O/c1-11(9-14)10-15-13(16)8-7-12-5-3-2-4-6-12/h11-12H,2-10,14H2,1H3,(H,15,16). The van der Waals surface area contributed by atoms with Gasteiger partial charge in [-0.2, -0.15) is 0 Å². The maximum Gasteiger partial charge on any atom is 0.220 e. The number of nitrogens with one attached hydrogen (secondary N) is 1. The molecular weight excluding hydrogens is 200 g/mol. The highest BCUT2D eigenvalue weighted by Gasteiger charge is 2.14. The molecular formula is C13H26N2O. The molecule has 0 saturated heterocycles. The number of rotatable bonds is 6. The molecule has 1 aliphatic carbocycles. The number of carbonyl (C=O) groups excluding carboxylic acids is 1. The Labute approximate surface area is 99.2 Å². The second-order valence-corrected chi connectivity index (χ2v) is 5.19. The van der Waals surface area contributed by atoms with Crippen LogP contribution in [0.3, 0.4) is 0 Å². The molecule has 0 bridgehead atoms. The minimum absolute atomic E-state index is 0.200. The number of hydrogen-bond donors (Lipinski definition) is 2. The van der Waals surface area contributed by atoms with Crippen molar-refractivity contribution < 1.29 is 4.79 Å². The maximum absolute atomic E-state index is 11.6. The van der Waals surface area contributed by atoms with Gasteiger partial charge in [0.15, 0.2) is 0 Å². The monoisotopic (exact) mass is 226 g/mol. The van der Waals surface area contributed by atoms with Gasteiger partial charge in [-0.3, -0.25) is 4.79 Å². The zero-order valence-electron chi connectivity index (χ0n) is 10.5. The van der Waals surface area contributed by atoms with Gasteiger partial charge in [-0.25, -0.2) is 0 Å². The molecule has 0 aromatic carbocycles. The first-order chi connectivity index (χ1) is 7.72. The van der Waals surface area contributed by atoms with E-state index in [2.05, 4.69) is 12.2 Å². The lowest BCUT2D eigenvalue weighted by Crippen LogP contribution is -2.31. The lowest BCUT2D eigenvalue weighted by atomic mass is 9.86. The molecule has 3 heteroatoms. The van der Waals surface area contributed by atoms with E-state index in [1.54, 1.807) is 0 Å². The van der Waals surface area contributed by atoms with Crippen molar-refractivity contribution in [2.45, 2.75) is 51.9 Å². The van der Waals surface area contributed by atoms with Crippen molar-refractivity contribution in [2.24, 2.45) is 17.6 Å². The third-order valence-corrected chi connectivity index (χ3v) is 3.55. The number of amides is 1. The van der Waals surface area contributed by atoms with Gasteiger partial charge in [0.25, 0.3) is 0 Å². The average molecular weight is 226 g/mol. The van der Waals surface area contributed by atoms with Gasteiger partial charge in [-0.05, 0) is 24.8 Å².